The second kappa shape index (κ2) is 8.90. The molecule has 114 valence electrons. The van der Waals surface area contributed by atoms with Crippen molar-refractivity contribution in [3.63, 3.8) is 0 Å². The molecular weight excluding hydrogens is 238 g/mol. The number of likely N-dealkylation sites (N-methyl/N-ethyl adjacent to an activating group) is 2. The Labute approximate surface area is 119 Å². The molecule has 0 amide bonds. The Morgan fingerprint density at radius 2 is 2.00 bits per heavy atom. The summed E-state index contributed by atoms with van der Waals surface area (Å²) in [6.07, 6.45) is 1.13. The van der Waals surface area contributed by atoms with Gasteiger partial charge in [0, 0.05) is 38.3 Å². The van der Waals surface area contributed by atoms with Gasteiger partial charge in [-0.3, -0.25) is 4.90 Å². The minimum absolute atomic E-state index is 0.524. The lowest BCUT2D eigenvalue weighted by Crippen LogP contribution is -2.57. The molecule has 1 aliphatic heterocycles. The summed E-state index contributed by atoms with van der Waals surface area (Å²) in [4.78, 5) is 4.89. The molecule has 2 unspecified atom stereocenters. The zero-order valence-corrected chi connectivity index (χ0v) is 13.5. The van der Waals surface area contributed by atoms with E-state index in [0.29, 0.717) is 18.0 Å². The standard InChI is InChI=1S/C15H33N3O/c1-6-16-14-7-10-19-12-15(14)18(11-13(2)3)9-8-17(4)5/h13-16H,6-12H2,1-5H3. The molecule has 1 heterocycles. The Morgan fingerprint density at radius 1 is 1.26 bits per heavy atom. The fourth-order valence-electron chi connectivity index (χ4n) is 2.77. The van der Waals surface area contributed by atoms with Crippen LogP contribution in [0.3, 0.4) is 0 Å². The van der Waals surface area contributed by atoms with Gasteiger partial charge in [-0.15, -0.1) is 0 Å². The molecule has 0 radical (unpaired) electrons. The van der Waals surface area contributed by atoms with Gasteiger partial charge in [0.15, 0.2) is 0 Å². The molecule has 19 heavy (non-hydrogen) atoms. The van der Waals surface area contributed by atoms with E-state index in [1.54, 1.807) is 0 Å². The summed E-state index contributed by atoms with van der Waals surface area (Å²) in [6.45, 7) is 13.0. The highest BCUT2D eigenvalue weighted by molar-refractivity contribution is 4.87. The molecule has 1 saturated heterocycles. The third-order valence-electron chi connectivity index (χ3n) is 3.70. The fourth-order valence-corrected chi connectivity index (χ4v) is 2.77. The summed E-state index contributed by atoms with van der Waals surface area (Å²) in [5, 5.41) is 3.64. The maximum absolute atomic E-state index is 5.73. The smallest absolute Gasteiger partial charge is 0.0637 e. The normalized spacial score (nSPS) is 24.6. The van der Waals surface area contributed by atoms with Crippen molar-refractivity contribution in [3.05, 3.63) is 0 Å². The van der Waals surface area contributed by atoms with Gasteiger partial charge in [0.2, 0.25) is 0 Å². The lowest BCUT2D eigenvalue weighted by atomic mass is 10.00. The van der Waals surface area contributed by atoms with E-state index in [9.17, 15) is 0 Å². The molecule has 0 saturated carbocycles. The predicted octanol–water partition coefficient (Wildman–Crippen LogP) is 1.27. The first kappa shape index (κ1) is 16.9. The second-order valence-corrected chi connectivity index (χ2v) is 6.29. The molecule has 0 aromatic rings. The average Bonchev–Trinajstić information content (AvgIpc) is 2.35. The number of nitrogens with zero attached hydrogens (tertiary/aromatic N) is 2. The van der Waals surface area contributed by atoms with Crippen LogP contribution in [0.15, 0.2) is 0 Å². The van der Waals surface area contributed by atoms with Crippen molar-refractivity contribution in [1.29, 1.82) is 0 Å². The van der Waals surface area contributed by atoms with Gasteiger partial charge < -0.3 is 15.0 Å². The van der Waals surface area contributed by atoms with Crippen molar-refractivity contribution in [3.8, 4) is 0 Å². The van der Waals surface area contributed by atoms with Crippen LogP contribution in [0, 0.1) is 5.92 Å². The van der Waals surface area contributed by atoms with Gasteiger partial charge in [-0.05, 0) is 33.0 Å². The summed E-state index contributed by atoms with van der Waals surface area (Å²) in [6, 6.07) is 1.11. The summed E-state index contributed by atoms with van der Waals surface area (Å²) >= 11 is 0. The minimum atomic E-state index is 0.524. The topological polar surface area (TPSA) is 27.7 Å². The molecular formula is C15H33N3O. The van der Waals surface area contributed by atoms with Gasteiger partial charge in [-0.2, -0.15) is 0 Å². The third kappa shape index (κ3) is 6.21. The Bertz CT molecular complexity index is 231. The van der Waals surface area contributed by atoms with Gasteiger partial charge >= 0.3 is 0 Å². The highest BCUT2D eigenvalue weighted by Crippen LogP contribution is 2.16. The van der Waals surface area contributed by atoms with Crippen LogP contribution in [-0.4, -0.2) is 75.4 Å². The van der Waals surface area contributed by atoms with Gasteiger partial charge in [0.1, 0.15) is 0 Å². The van der Waals surface area contributed by atoms with Gasteiger partial charge in [-0.25, -0.2) is 0 Å². The van der Waals surface area contributed by atoms with E-state index >= 15 is 0 Å². The van der Waals surface area contributed by atoms with Gasteiger partial charge in [-0.1, -0.05) is 20.8 Å². The van der Waals surface area contributed by atoms with E-state index in [2.05, 4.69) is 50.0 Å². The zero-order valence-electron chi connectivity index (χ0n) is 13.5. The van der Waals surface area contributed by atoms with E-state index in [4.69, 9.17) is 4.74 Å². The third-order valence-corrected chi connectivity index (χ3v) is 3.70. The largest absolute Gasteiger partial charge is 0.380 e. The molecule has 0 bridgehead atoms. The Morgan fingerprint density at radius 3 is 2.58 bits per heavy atom. The van der Waals surface area contributed by atoms with Crippen LogP contribution in [-0.2, 0) is 4.74 Å². The number of hydrogen-bond acceptors (Lipinski definition) is 4. The van der Waals surface area contributed by atoms with E-state index in [1.807, 2.05) is 0 Å². The van der Waals surface area contributed by atoms with E-state index in [1.165, 1.54) is 0 Å². The SMILES string of the molecule is CCNC1CCOCC1N(CCN(C)C)CC(C)C. The van der Waals surface area contributed by atoms with Crippen molar-refractivity contribution < 1.29 is 4.74 Å². The quantitative estimate of drug-likeness (QED) is 0.719. The van der Waals surface area contributed by atoms with Gasteiger partial charge in [0.25, 0.3) is 0 Å². The maximum atomic E-state index is 5.73. The molecule has 1 aliphatic rings. The van der Waals surface area contributed by atoms with Crippen LogP contribution in [0.25, 0.3) is 0 Å². The van der Waals surface area contributed by atoms with Crippen LogP contribution in [0.1, 0.15) is 27.2 Å². The van der Waals surface area contributed by atoms with Crippen LogP contribution in [0.4, 0.5) is 0 Å². The lowest BCUT2D eigenvalue weighted by molar-refractivity contribution is -0.00836. The monoisotopic (exact) mass is 271 g/mol. The number of hydrogen-bond donors (Lipinski definition) is 1. The number of rotatable bonds is 8. The molecule has 0 aromatic carbocycles. The minimum Gasteiger partial charge on any atom is -0.380 e. The highest BCUT2D eigenvalue weighted by atomic mass is 16.5. The molecule has 1 rings (SSSR count). The van der Waals surface area contributed by atoms with Crippen molar-refractivity contribution in [1.82, 2.24) is 15.1 Å². The zero-order chi connectivity index (χ0) is 14.3. The van der Waals surface area contributed by atoms with E-state index in [-0.39, 0.29) is 0 Å². The Hall–Kier alpha value is -0.160. The van der Waals surface area contributed by atoms with E-state index in [0.717, 1.165) is 45.8 Å². The molecule has 1 fully saturated rings. The summed E-state index contributed by atoms with van der Waals surface area (Å²) in [5.41, 5.74) is 0. The predicted molar refractivity (Wildman–Crippen MR) is 81.7 cm³/mol. The molecule has 2 atom stereocenters. The van der Waals surface area contributed by atoms with Crippen LogP contribution < -0.4 is 5.32 Å². The first-order valence-electron chi connectivity index (χ1n) is 7.74. The van der Waals surface area contributed by atoms with E-state index < -0.39 is 0 Å². The van der Waals surface area contributed by atoms with Crippen molar-refractivity contribution in [2.75, 3.05) is 53.5 Å². The highest BCUT2D eigenvalue weighted by Gasteiger charge is 2.30. The van der Waals surface area contributed by atoms with Crippen LogP contribution in [0.2, 0.25) is 0 Å². The summed E-state index contributed by atoms with van der Waals surface area (Å²) in [7, 11) is 4.29. The first-order valence-corrected chi connectivity index (χ1v) is 7.74. The summed E-state index contributed by atoms with van der Waals surface area (Å²) in [5.74, 6) is 0.700. The summed E-state index contributed by atoms with van der Waals surface area (Å²) < 4.78 is 5.73. The number of ether oxygens (including phenoxy) is 1. The molecule has 4 nitrogen and oxygen atoms in total. The fraction of sp³-hybridized carbons (Fsp3) is 1.00. The number of nitrogens with one attached hydrogen (secondary N) is 1. The van der Waals surface area contributed by atoms with Crippen molar-refractivity contribution >= 4 is 0 Å². The average molecular weight is 271 g/mol. The van der Waals surface area contributed by atoms with Crippen LogP contribution in [0.5, 0.6) is 0 Å². The van der Waals surface area contributed by atoms with Crippen LogP contribution >= 0.6 is 0 Å². The maximum Gasteiger partial charge on any atom is 0.0637 e. The lowest BCUT2D eigenvalue weighted by Gasteiger charge is -2.41. The van der Waals surface area contributed by atoms with Crippen molar-refractivity contribution in [2.24, 2.45) is 5.92 Å². The van der Waals surface area contributed by atoms with Crippen molar-refractivity contribution in [2.45, 2.75) is 39.3 Å². The second-order valence-electron chi connectivity index (χ2n) is 6.29. The molecule has 0 aliphatic carbocycles. The molecule has 0 aromatic heterocycles. The Balaban J connectivity index is 2.63. The molecule has 0 spiro atoms. The first-order chi connectivity index (χ1) is 9.04. The molecule has 4 heteroatoms. The molecule has 1 N–H and O–H groups in total. The van der Waals surface area contributed by atoms with Gasteiger partial charge in [0.05, 0.1) is 6.61 Å². The Kier molecular flexibility index (Phi) is 7.91.